The average Bonchev–Trinajstić information content (AvgIpc) is 3.62. The van der Waals surface area contributed by atoms with Gasteiger partial charge in [-0.2, -0.15) is 0 Å². The first-order chi connectivity index (χ1) is 21.4. The molecule has 45 heavy (non-hydrogen) atoms. The van der Waals surface area contributed by atoms with Crippen LogP contribution < -0.4 is 5.32 Å². The topological polar surface area (TPSA) is 99.1 Å². The summed E-state index contributed by atoms with van der Waals surface area (Å²) in [4.78, 5) is 30.2. The molecule has 7 heteroatoms. The van der Waals surface area contributed by atoms with E-state index < -0.39 is 16.4 Å². The largest absolute Gasteiger partial charge is 0.393 e. The van der Waals surface area contributed by atoms with Gasteiger partial charge in [0.25, 0.3) is 0 Å². The van der Waals surface area contributed by atoms with E-state index >= 15 is 0 Å². The summed E-state index contributed by atoms with van der Waals surface area (Å²) < 4.78 is 5.97. The molecule has 5 fully saturated rings. The van der Waals surface area contributed by atoms with Gasteiger partial charge in [0.05, 0.1) is 24.4 Å². The number of aliphatic hydroxyl groups excluding tert-OH is 1. The van der Waals surface area contributed by atoms with Gasteiger partial charge >= 0.3 is 6.03 Å². The van der Waals surface area contributed by atoms with Crippen LogP contribution in [0.15, 0.2) is 23.8 Å². The van der Waals surface area contributed by atoms with Crippen molar-refractivity contribution in [3.63, 3.8) is 0 Å². The number of carbonyl (C=O) groups is 2. The van der Waals surface area contributed by atoms with Crippen LogP contribution in [0.4, 0.5) is 4.79 Å². The van der Waals surface area contributed by atoms with Crippen LogP contribution >= 0.6 is 0 Å². The maximum absolute atomic E-state index is 14.8. The fraction of sp³-hybridized carbons (Fsp3) is 0.842. The molecule has 8 rings (SSSR count). The van der Waals surface area contributed by atoms with E-state index in [1.165, 1.54) is 6.42 Å². The summed E-state index contributed by atoms with van der Waals surface area (Å²) in [5.74, 6) is 0.854. The smallest absolute Gasteiger partial charge is 0.317 e. The zero-order valence-corrected chi connectivity index (χ0v) is 28.3. The fourth-order valence-corrected chi connectivity index (χ4v) is 12.1. The second-order valence-electron chi connectivity index (χ2n) is 17.1. The van der Waals surface area contributed by atoms with Gasteiger partial charge in [0.2, 0.25) is 0 Å². The summed E-state index contributed by atoms with van der Waals surface area (Å²) in [6.07, 6.45) is 20.0. The number of ketones is 1. The Hall–Kier alpha value is -1.70. The van der Waals surface area contributed by atoms with Crippen LogP contribution in [-0.2, 0) is 9.53 Å². The summed E-state index contributed by atoms with van der Waals surface area (Å²) in [6.45, 7) is 10.2. The highest BCUT2D eigenvalue weighted by molar-refractivity contribution is 6.00. The molecular weight excluding hydrogens is 564 g/mol. The first-order valence-corrected chi connectivity index (χ1v) is 18.4. The average molecular weight is 623 g/mol. The van der Waals surface area contributed by atoms with E-state index in [9.17, 15) is 19.8 Å². The molecule has 8 aliphatic rings. The van der Waals surface area contributed by atoms with Gasteiger partial charge in [-0.25, -0.2) is 4.79 Å². The number of rotatable bonds is 7. The van der Waals surface area contributed by atoms with Crippen molar-refractivity contribution >= 4 is 11.8 Å². The third-order valence-electron chi connectivity index (χ3n) is 14.6. The Kier molecular flexibility index (Phi) is 7.93. The minimum absolute atomic E-state index is 0.00264. The molecule has 2 amide bonds. The quantitative estimate of drug-likeness (QED) is 0.289. The Morgan fingerprint density at radius 3 is 2.38 bits per heavy atom. The Morgan fingerprint density at radius 2 is 1.67 bits per heavy atom. The van der Waals surface area contributed by atoms with Crippen molar-refractivity contribution in [2.75, 3.05) is 19.7 Å². The number of Topliss-reactive ketones (excluding diaryl/α,β-unsaturated/α-hetero) is 1. The number of carbonyl (C=O) groups excluding carboxylic acids is 2. The first kappa shape index (κ1) is 31.9. The van der Waals surface area contributed by atoms with E-state index in [4.69, 9.17) is 4.74 Å². The van der Waals surface area contributed by atoms with Gasteiger partial charge in [0.1, 0.15) is 0 Å². The van der Waals surface area contributed by atoms with Crippen molar-refractivity contribution in [2.45, 2.75) is 141 Å². The molecule has 1 saturated heterocycles. The molecule has 1 aliphatic heterocycles. The Morgan fingerprint density at radius 1 is 0.956 bits per heavy atom. The van der Waals surface area contributed by atoms with Crippen LogP contribution in [0.5, 0.6) is 0 Å². The standard InChI is InChI=1S/C38H58N2O5/c1-25(2)39-33(43)40(23-28-11-8-20-45-28)24-37(44)17-14-31-35(37,4)16-13-30-34(3)15-12-27(41)21-36(34)18-19-38(30,31)29(22-36)32(42)26-9-6-5-7-10-26/h18-19,22,25-28,30-31,41,44H,5-17,20-21,23-24H2,1-4H3,(H,39,43). The molecule has 9 unspecified atom stereocenters. The molecule has 4 saturated carbocycles. The van der Waals surface area contributed by atoms with Gasteiger partial charge in [0, 0.05) is 46.9 Å². The predicted octanol–water partition coefficient (Wildman–Crippen LogP) is 6.33. The summed E-state index contributed by atoms with van der Waals surface area (Å²) in [5, 5.41) is 26.9. The number of hydrogen-bond acceptors (Lipinski definition) is 5. The van der Waals surface area contributed by atoms with Gasteiger partial charge in [-0.1, -0.05) is 51.3 Å². The molecule has 3 N–H and O–H groups in total. The fourth-order valence-electron chi connectivity index (χ4n) is 12.1. The number of ether oxygens (including phenoxy) is 1. The normalized spacial score (nSPS) is 45.5. The van der Waals surface area contributed by atoms with Crippen LogP contribution in [0, 0.1) is 39.4 Å². The predicted molar refractivity (Wildman–Crippen MR) is 174 cm³/mol. The second kappa shape index (κ2) is 11.2. The van der Waals surface area contributed by atoms with Crippen LogP contribution in [0.25, 0.3) is 0 Å². The lowest BCUT2D eigenvalue weighted by Crippen LogP contribution is -2.68. The van der Waals surface area contributed by atoms with E-state index in [1.807, 2.05) is 18.7 Å². The van der Waals surface area contributed by atoms with Crippen LogP contribution in [-0.4, -0.2) is 70.5 Å². The maximum Gasteiger partial charge on any atom is 0.317 e. The van der Waals surface area contributed by atoms with Gasteiger partial charge in [-0.15, -0.1) is 0 Å². The number of allylic oxidation sites excluding steroid dienone is 4. The van der Waals surface area contributed by atoms with Crippen molar-refractivity contribution in [1.29, 1.82) is 0 Å². The lowest BCUT2D eigenvalue weighted by Gasteiger charge is -2.71. The Bertz CT molecular complexity index is 1250. The molecule has 0 aromatic rings. The molecule has 2 spiro atoms. The van der Waals surface area contributed by atoms with Gasteiger partial charge in [-0.05, 0) is 102 Å². The number of fused-ring (bicyclic) bond motifs is 1. The highest BCUT2D eigenvalue weighted by Crippen LogP contribution is 2.78. The Balaban J connectivity index is 1.27. The lowest BCUT2D eigenvalue weighted by molar-refractivity contribution is -0.178. The number of nitrogens with zero attached hydrogens (tertiary/aromatic N) is 1. The van der Waals surface area contributed by atoms with Crippen LogP contribution in [0.3, 0.4) is 0 Å². The minimum atomic E-state index is -1.06. The summed E-state index contributed by atoms with van der Waals surface area (Å²) in [7, 11) is 0. The minimum Gasteiger partial charge on any atom is -0.393 e. The van der Waals surface area contributed by atoms with E-state index in [2.05, 4.69) is 37.4 Å². The van der Waals surface area contributed by atoms with E-state index in [1.54, 1.807) is 0 Å². The second-order valence-corrected chi connectivity index (χ2v) is 17.1. The molecule has 9 atom stereocenters. The zero-order chi connectivity index (χ0) is 31.8. The number of nitrogens with one attached hydrogen (secondary N) is 1. The molecule has 0 radical (unpaired) electrons. The number of hydrogen-bond donors (Lipinski definition) is 3. The van der Waals surface area contributed by atoms with Crippen molar-refractivity contribution in [3.8, 4) is 0 Å². The van der Waals surface area contributed by atoms with E-state index in [0.29, 0.717) is 31.1 Å². The van der Waals surface area contributed by atoms with Crippen molar-refractivity contribution in [1.82, 2.24) is 10.2 Å². The van der Waals surface area contributed by atoms with Crippen molar-refractivity contribution < 1.29 is 24.5 Å². The summed E-state index contributed by atoms with van der Waals surface area (Å²) >= 11 is 0. The number of aliphatic hydroxyl groups is 2. The van der Waals surface area contributed by atoms with Gasteiger partial charge < -0.3 is 25.2 Å². The van der Waals surface area contributed by atoms with Gasteiger partial charge in [-0.3, -0.25) is 4.79 Å². The molecule has 7 nitrogen and oxygen atoms in total. The maximum atomic E-state index is 14.8. The highest BCUT2D eigenvalue weighted by Gasteiger charge is 2.74. The summed E-state index contributed by atoms with van der Waals surface area (Å²) in [6, 6.07) is -0.127. The third kappa shape index (κ3) is 4.67. The van der Waals surface area contributed by atoms with Gasteiger partial charge in [0.15, 0.2) is 5.78 Å². The molecule has 7 aliphatic carbocycles. The number of urea groups is 1. The summed E-state index contributed by atoms with van der Waals surface area (Å²) in [5.41, 5.74) is -1.22. The first-order valence-electron chi connectivity index (χ1n) is 18.4. The van der Waals surface area contributed by atoms with E-state index in [-0.39, 0.29) is 53.5 Å². The third-order valence-corrected chi connectivity index (χ3v) is 14.6. The van der Waals surface area contributed by atoms with Crippen LogP contribution in [0.1, 0.15) is 118 Å². The highest BCUT2D eigenvalue weighted by atomic mass is 16.5. The molecule has 250 valence electrons. The van der Waals surface area contributed by atoms with E-state index in [0.717, 1.165) is 82.8 Å². The molecule has 0 aromatic heterocycles. The Labute approximate surface area is 270 Å². The van der Waals surface area contributed by atoms with Crippen LogP contribution in [0.2, 0.25) is 0 Å². The zero-order valence-electron chi connectivity index (χ0n) is 28.3. The molecule has 1 heterocycles. The SMILES string of the molecule is CC(C)NC(=O)N(CC1CCCO1)CC1(O)CCC2C34C=CC5(C=C3C(=O)C3CCCCC3)CC(O)CCC5(C)C4CCC21C. The van der Waals surface area contributed by atoms with Crippen molar-refractivity contribution in [3.05, 3.63) is 23.8 Å². The molecule has 0 aromatic carbocycles. The molecular formula is C38H58N2O5. The number of amides is 2. The monoisotopic (exact) mass is 622 g/mol. The van der Waals surface area contributed by atoms with Crippen molar-refractivity contribution in [2.24, 2.45) is 39.4 Å². The molecule has 2 bridgehead atoms. The lowest BCUT2D eigenvalue weighted by atomic mass is 9.32.